The van der Waals surface area contributed by atoms with E-state index < -0.39 is 0 Å². The molecule has 1 amide bonds. The first-order valence-corrected chi connectivity index (χ1v) is 5.50. The monoisotopic (exact) mass is 250 g/mol. The van der Waals surface area contributed by atoms with Gasteiger partial charge < -0.3 is 5.43 Å². The van der Waals surface area contributed by atoms with Crippen molar-refractivity contribution in [2.24, 2.45) is 5.84 Å². The van der Waals surface area contributed by atoms with Crippen LogP contribution in [-0.4, -0.2) is 20.2 Å². The lowest BCUT2D eigenvalue weighted by atomic mass is 10.2. The first kappa shape index (κ1) is 11.4. The van der Waals surface area contributed by atoms with Crippen molar-refractivity contribution < 1.29 is 4.79 Å². The molecule has 88 valence electrons. The third-order valence-corrected chi connectivity index (χ3v) is 2.64. The van der Waals surface area contributed by atoms with Crippen molar-refractivity contribution in [1.82, 2.24) is 14.3 Å². The Morgan fingerprint density at radius 1 is 1.47 bits per heavy atom. The van der Waals surface area contributed by atoms with Crippen molar-refractivity contribution >= 4 is 28.4 Å². The van der Waals surface area contributed by atoms with Crippen LogP contribution in [0, 0.1) is 6.92 Å². The molecule has 0 bridgehead atoms. The summed E-state index contributed by atoms with van der Waals surface area (Å²) in [6.07, 6.45) is 1.43. The maximum Gasteiger partial charge on any atom is 0.259 e. The minimum atomic E-state index is -0.280. The summed E-state index contributed by atoms with van der Waals surface area (Å²) in [7, 11) is 0. The van der Waals surface area contributed by atoms with Crippen LogP contribution in [-0.2, 0) is 0 Å². The van der Waals surface area contributed by atoms with Gasteiger partial charge in [0.05, 0.1) is 5.56 Å². The molecule has 2 rings (SSSR count). The van der Waals surface area contributed by atoms with Crippen molar-refractivity contribution in [1.29, 1.82) is 0 Å². The van der Waals surface area contributed by atoms with Crippen LogP contribution in [0.2, 0.25) is 0 Å². The number of anilines is 2. The molecule has 2 aromatic heterocycles. The van der Waals surface area contributed by atoms with Gasteiger partial charge in [-0.15, -0.1) is 0 Å². The lowest BCUT2D eigenvalue weighted by Gasteiger charge is -2.02. The van der Waals surface area contributed by atoms with Gasteiger partial charge in [-0.25, -0.2) is 15.8 Å². The molecule has 2 heterocycles. The number of nitrogen functional groups attached to an aromatic ring is 1. The third-order valence-electron chi connectivity index (χ3n) is 1.92. The summed E-state index contributed by atoms with van der Waals surface area (Å²) in [5.41, 5.74) is 2.81. The minimum absolute atomic E-state index is 0.280. The van der Waals surface area contributed by atoms with Gasteiger partial charge in [0.2, 0.25) is 5.13 Å². The maximum absolute atomic E-state index is 11.8. The summed E-state index contributed by atoms with van der Waals surface area (Å²) in [4.78, 5) is 19.7. The molecule has 17 heavy (non-hydrogen) atoms. The number of pyridine rings is 1. The van der Waals surface area contributed by atoms with E-state index in [1.165, 1.54) is 6.20 Å². The third kappa shape index (κ3) is 2.74. The molecule has 0 saturated heterocycles. The maximum atomic E-state index is 11.8. The van der Waals surface area contributed by atoms with E-state index in [0.29, 0.717) is 22.3 Å². The highest BCUT2D eigenvalue weighted by molar-refractivity contribution is 7.09. The quantitative estimate of drug-likeness (QED) is 0.549. The van der Waals surface area contributed by atoms with E-state index in [1.54, 1.807) is 19.1 Å². The van der Waals surface area contributed by atoms with Crippen molar-refractivity contribution in [3.8, 4) is 0 Å². The van der Waals surface area contributed by atoms with Crippen LogP contribution in [0.3, 0.4) is 0 Å². The summed E-state index contributed by atoms with van der Waals surface area (Å²) in [5, 5.41) is 3.10. The van der Waals surface area contributed by atoms with Gasteiger partial charge in [-0.2, -0.15) is 4.37 Å². The Morgan fingerprint density at radius 3 is 2.82 bits per heavy atom. The van der Waals surface area contributed by atoms with Gasteiger partial charge in [0.1, 0.15) is 11.6 Å². The second-order valence-electron chi connectivity index (χ2n) is 3.18. The number of amides is 1. The Bertz CT molecular complexity index is 523. The summed E-state index contributed by atoms with van der Waals surface area (Å²) in [5.74, 6) is 6.02. The molecule has 0 aliphatic carbocycles. The molecular weight excluding hydrogens is 240 g/mol. The number of nitrogens with one attached hydrogen (secondary N) is 2. The average Bonchev–Trinajstić information content (AvgIpc) is 2.75. The number of aryl methyl sites for hydroxylation is 1. The SMILES string of the molecule is Cc1nsc(NC(=O)c2ccc(NN)nc2)n1. The zero-order chi connectivity index (χ0) is 12.3. The molecule has 0 unspecified atom stereocenters. The number of aromatic nitrogens is 3. The van der Waals surface area contributed by atoms with E-state index in [4.69, 9.17) is 5.84 Å². The molecule has 2 aromatic rings. The molecule has 7 nitrogen and oxygen atoms in total. The van der Waals surface area contributed by atoms with Crippen molar-refractivity contribution in [3.63, 3.8) is 0 Å². The van der Waals surface area contributed by atoms with Crippen LogP contribution in [0.25, 0.3) is 0 Å². The van der Waals surface area contributed by atoms with Crippen LogP contribution in [0.15, 0.2) is 18.3 Å². The van der Waals surface area contributed by atoms with E-state index in [2.05, 4.69) is 25.1 Å². The summed E-state index contributed by atoms with van der Waals surface area (Å²) < 4.78 is 3.96. The second kappa shape index (κ2) is 4.85. The fraction of sp³-hybridized carbons (Fsp3) is 0.111. The van der Waals surface area contributed by atoms with E-state index in [1.807, 2.05) is 0 Å². The number of hydrazine groups is 1. The fourth-order valence-corrected chi connectivity index (χ4v) is 1.70. The molecule has 0 fully saturated rings. The predicted molar refractivity (Wildman–Crippen MR) is 64.6 cm³/mol. The van der Waals surface area contributed by atoms with Crippen molar-refractivity contribution in [3.05, 3.63) is 29.7 Å². The normalized spacial score (nSPS) is 10.0. The zero-order valence-corrected chi connectivity index (χ0v) is 9.78. The van der Waals surface area contributed by atoms with E-state index in [9.17, 15) is 4.79 Å². The topological polar surface area (TPSA) is 106 Å². The number of hydrogen-bond donors (Lipinski definition) is 3. The lowest BCUT2D eigenvalue weighted by molar-refractivity contribution is 0.102. The van der Waals surface area contributed by atoms with E-state index >= 15 is 0 Å². The molecule has 0 spiro atoms. The number of nitrogens with zero attached hydrogens (tertiary/aromatic N) is 3. The standard InChI is InChI=1S/C9H10N6OS/c1-5-12-9(17-15-5)13-8(16)6-2-3-7(14-10)11-4-6/h2-4H,10H2,1H3,(H,11,14)(H,12,13,15,16). The van der Waals surface area contributed by atoms with E-state index in [-0.39, 0.29) is 5.91 Å². The van der Waals surface area contributed by atoms with Gasteiger partial charge in [-0.1, -0.05) is 0 Å². The number of carbonyl (C=O) groups is 1. The lowest BCUT2D eigenvalue weighted by Crippen LogP contribution is -2.13. The molecule has 0 aliphatic heterocycles. The van der Waals surface area contributed by atoms with Gasteiger partial charge in [0, 0.05) is 17.7 Å². The smallest absolute Gasteiger partial charge is 0.259 e. The van der Waals surface area contributed by atoms with Crippen LogP contribution < -0.4 is 16.6 Å². The van der Waals surface area contributed by atoms with Crippen LogP contribution in [0.4, 0.5) is 10.9 Å². The van der Waals surface area contributed by atoms with E-state index in [0.717, 1.165) is 11.5 Å². The molecule has 0 atom stereocenters. The molecular formula is C9H10N6OS. The highest BCUT2D eigenvalue weighted by Crippen LogP contribution is 2.12. The van der Waals surface area contributed by atoms with Gasteiger partial charge in [0.15, 0.2) is 0 Å². The van der Waals surface area contributed by atoms with Crippen LogP contribution in [0.1, 0.15) is 16.2 Å². The number of hydrogen-bond acceptors (Lipinski definition) is 7. The molecule has 0 radical (unpaired) electrons. The Morgan fingerprint density at radius 2 is 2.29 bits per heavy atom. The average molecular weight is 250 g/mol. The zero-order valence-electron chi connectivity index (χ0n) is 8.97. The summed E-state index contributed by atoms with van der Waals surface area (Å²) in [6, 6.07) is 3.23. The Balaban J connectivity index is 2.09. The Kier molecular flexibility index (Phi) is 3.26. The summed E-state index contributed by atoms with van der Waals surface area (Å²) in [6.45, 7) is 1.76. The molecule has 4 N–H and O–H groups in total. The van der Waals surface area contributed by atoms with Crippen LogP contribution in [0.5, 0.6) is 0 Å². The highest BCUT2D eigenvalue weighted by Gasteiger charge is 2.09. The molecule has 8 heteroatoms. The minimum Gasteiger partial charge on any atom is -0.308 e. The summed E-state index contributed by atoms with van der Waals surface area (Å²) >= 11 is 1.13. The van der Waals surface area contributed by atoms with Crippen molar-refractivity contribution in [2.75, 3.05) is 10.7 Å². The second-order valence-corrected chi connectivity index (χ2v) is 3.93. The van der Waals surface area contributed by atoms with Crippen LogP contribution >= 0.6 is 11.5 Å². The predicted octanol–water partition coefficient (Wildman–Crippen LogP) is 0.779. The highest BCUT2D eigenvalue weighted by atomic mass is 32.1. The van der Waals surface area contributed by atoms with Gasteiger partial charge in [0.25, 0.3) is 5.91 Å². The Hall–Kier alpha value is -2.06. The van der Waals surface area contributed by atoms with Gasteiger partial charge >= 0.3 is 0 Å². The fourth-order valence-electron chi connectivity index (χ4n) is 1.13. The first-order valence-electron chi connectivity index (χ1n) is 4.73. The van der Waals surface area contributed by atoms with Crippen molar-refractivity contribution in [2.45, 2.75) is 6.92 Å². The first-order chi connectivity index (χ1) is 8.19. The van der Waals surface area contributed by atoms with Gasteiger partial charge in [-0.05, 0) is 19.1 Å². The molecule has 0 saturated carbocycles. The number of carbonyl (C=O) groups excluding carboxylic acids is 1. The molecule has 0 aliphatic rings. The number of nitrogens with two attached hydrogens (primary N) is 1. The van der Waals surface area contributed by atoms with Gasteiger partial charge in [-0.3, -0.25) is 10.1 Å². The number of rotatable bonds is 3. The Labute approximate surface area is 101 Å². The largest absolute Gasteiger partial charge is 0.308 e. The molecule has 0 aromatic carbocycles.